The molecule has 0 saturated heterocycles. The van der Waals surface area contributed by atoms with Gasteiger partial charge in [0.25, 0.3) is 0 Å². The lowest BCUT2D eigenvalue weighted by molar-refractivity contribution is -0.141. The molecule has 0 radical (unpaired) electrons. The van der Waals surface area contributed by atoms with Gasteiger partial charge in [-0.3, -0.25) is 9.48 Å². The Morgan fingerprint density at radius 2 is 2.20 bits per heavy atom. The minimum Gasteiger partial charge on any atom is -0.481 e. The Labute approximate surface area is 83.3 Å². The van der Waals surface area contributed by atoms with Crippen molar-refractivity contribution < 1.29 is 23.1 Å². The van der Waals surface area contributed by atoms with Gasteiger partial charge >= 0.3 is 12.1 Å². The van der Waals surface area contributed by atoms with Crippen LogP contribution < -0.4 is 0 Å². The van der Waals surface area contributed by atoms with E-state index in [2.05, 4.69) is 5.10 Å². The Morgan fingerprint density at radius 1 is 1.60 bits per heavy atom. The van der Waals surface area contributed by atoms with Crippen molar-refractivity contribution in [2.24, 2.45) is 0 Å². The average Bonchev–Trinajstić information content (AvgIpc) is 2.42. The zero-order valence-corrected chi connectivity index (χ0v) is 7.88. The van der Waals surface area contributed by atoms with E-state index in [1.807, 2.05) is 0 Å². The highest BCUT2D eigenvalue weighted by atomic mass is 19.4. The first-order chi connectivity index (χ1) is 6.80. The molecular weight excluding hydrogens is 213 g/mol. The lowest BCUT2D eigenvalue weighted by Crippen LogP contribution is -2.10. The summed E-state index contributed by atoms with van der Waals surface area (Å²) in [6, 6.07) is 0.891. The molecule has 0 aliphatic carbocycles. The molecule has 0 atom stereocenters. The smallest absolute Gasteiger partial charge is 0.435 e. The number of alkyl halides is 3. The number of aryl methyl sites for hydroxylation is 2. The topological polar surface area (TPSA) is 55.1 Å². The van der Waals surface area contributed by atoms with Gasteiger partial charge in [-0.2, -0.15) is 18.3 Å². The van der Waals surface area contributed by atoms with Crippen molar-refractivity contribution in [2.45, 2.75) is 26.1 Å². The Kier molecular flexibility index (Phi) is 3.01. The number of carboxylic acids is 1. The van der Waals surface area contributed by atoms with Crippen LogP contribution in [0.1, 0.15) is 17.8 Å². The van der Waals surface area contributed by atoms with Crippen LogP contribution in [0.15, 0.2) is 6.07 Å². The fourth-order valence-corrected chi connectivity index (χ4v) is 1.08. The molecule has 15 heavy (non-hydrogen) atoms. The van der Waals surface area contributed by atoms with Crippen LogP contribution in [-0.2, 0) is 17.5 Å². The summed E-state index contributed by atoms with van der Waals surface area (Å²) in [7, 11) is 0. The Hall–Kier alpha value is -1.53. The number of hydrogen-bond acceptors (Lipinski definition) is 2. The maximum absolute atomic E-state index is 12.2. The summed E-state index contributed by atoms with van der Waals surface area (Å²) in [5, 5.41) is 11.7. The van der Waals surface area contributed by atoms with Crippen LogP contribution in [0.3, 0.4) is 0 Å². The molecule has 0 aliphatic heterocycles. The third-order valence-electron chi connectivity index (χ3n) is 1.81. The zero-order valence-electron chi connectivity index (χ0n) is 7.88. The summed E-state index contributed by atoms with van der Waals surface area (Å²) >= 11 is 0. The number of aromatic nitrogens is 2. The van der Waals surface area contributed by atoms with Crippen LogP contribution >= 0.6 is 0 Å². The molecule has 1 rings (SSSR count). The molecule has 4 nitrogen and oxygen atoms in total. The first-order valence-corrected chi connectivity index (χ1v) is 4.14. The minimum atomic E-state index is -4.49. The number of aliphatic carboxylic acids is 1. The lowest BCUT2D eigenvalue weighted by atomic mass is 10.3. The third kappa shape index (κ3) is 2.97. The summed E-state index contributed by atoms with van der Waals surface area (Å²) in [5.74, 6) is -1.07. The highest BCUT2D eigenvalue weighted by molar-refractivity contribution is 5.66. The first kappa shape index (κ1) is 11.5. The van der Waals surface area contributed by atoms with Gasteiger partial charge in [-0.25, -0.2) is 0 Å². The predicted octanol–water partition coefficient (Wildman–Crippen LogP) is 1.69. The zero-order chi connectivity index (χ0) is 11.6. The molecule has 1 aromatic rings. The van der Waals surface area contributed by atoms with Crippen molar-refractivity contribution in [1.82, 2.24) is 9.78 Å². The van der Waals surface area contributed by atoms with Gasteiger partial charge in [0.1, 0.15) is 0 Å². The third-order valence-corrected chi connectivity index (χ3v) is 1.81. The summed E-state index contributed by atoms with van der Waals surface area (Å²) < 4.78 is 37.6. The number of nitrogens with zero attached hydrogens (tertiary/aromatic N) is 2. The van der Waals surface area contributed by atoms with E-state index in [1.54, 1.807) is 0 Å². The molecule has 0 amide bonds. The molecule has 1 N–H and O–H groups in total. The van der Waals surface area contributed by atoms with E-state index in [0.717, 1.165) is 10.7 Å². The van der Waals surface area contributed by atoms with E-state index >= 15 is 0 Å². The summed E-state index contributed by atoms with van der Waals surface area (Å²) in [6.45, 7) is 1.39. The van der Waals surface area contributed by atoms with Crippen molar-refractivity contribution in [1.29, 1.82) is 0 Å². The molecule has 84 valence electrons. The number of carbonyl (C=O) groups is 1. The van der Waals surface area contributed by atoms with Crippen molar-refractivity contribution >= 4 is 5.97 Å². The lowest BCUT2D eigenvalue weighted by Gasteiger charge is -2.02. The highest BCUT2D eigenvalue weighted by Crippen LogP contribution is 2.28. The van der Waals surface area contributed by atoms with Crippen LogP contribution in [0.4, 0.5) is 13.2 Å². The quantitative estimate of drug-likeness (QED) is 0.846. The van der Waals surface area contributed by atoms with Crippen LogP contribution in [0.2, 0.25) is 0 Å². The van der Waals surface area contributed by atoms with Crippen LogP contribution in [-0.4, -0.2) is 20.9 Å². The molecule has 0 aromatic carbocycles. The van der Waals surface area contributed by atoms with Gasteiger partial charge in [-0.05, 0) is 13.0 Å². The molecule has 0 aliphatic rings. The molecule has 1 aromatic heterocycles. The molecule has 0 saturated carbocycles. The maximum Gasteiger partial charge on any atom is 0.435 e. The van der Waals surface area contributed by atoms with Gasteiger partial charge < -0.3 is 5.11 Å². The molecule has 7 heteroatoms. The largest absolute Gasteiger partial charge is 0.481 e. The number of hydrogen-bond donors (Lipinski definition) is 1. The second-order valence-electron chi connectivity index (χ2n) is 3.04. The number of rotatable bonds is 3. The first-order valence-electron chi connectivity index (χ1n) is 4.14. The van der Waals surface area contributed by atoms with Gasteiger partial charge in [-0.1, -0.05) is 0 Å². The average molecular weight is 222 g/mol. The molecule has 1 heterocycles. The molecule has 0 fully saturated rings. The summed E-state index contributed by atoms with van der Waals surface area (Å²) in [6.07, 6.45) is -4.74. The normalized spacial score (nSPS) is 11.7. The second-order valence-corrected chi connectivity index (χ2v) is 3.04. The maximum atomic E-state index is 12.2. The van der Waals surface area contributed by atoms with Gasteiger partial charge in [0.2, 0.25) is 0 Å². The van der Waals surface area contributed by atoms with E-state index in [0.29, 0.717) is 5.69 Å². The Bertz CT molecular complexity index is 370. The van der Waals surface area contributed by atoms with E-state index in [1.165, 1.54) is 6.92 Å². The minimum absolute atomic E-state index is 0.0583. The summed E-state index contributed by atoms with van der Waals surface area (Å²) in [4.78, 5) is 10.2. The fraction of sp³-hybridized carbons (Fsp3) is 0.500. The Balaban J connectivity index is 2.82. The highest BCUT2D eigenvalue weighted by Gasteiger charge is 2.34. The second kappa shape index (κ2) is 3.92. The van der Waals surface area contributed by atoms with Crippen LogP contribution in [0.5, 0.6) is 0 Å². The van der Waals surface area contributed by atoms with Gasteiger partial charge in [0.15, 0.2) is 5.69 Å². The molecule has 0 spiro atoms. The number of halogens is 3. The Morgan fingerprint density at radius 3 is 2.60 bits per heavy atom. The standard InChI is InChI=1S/C8H9F3N2O2/c1-5-4-6(8(9,10)11)12-13(5)3-2-7(14)15/h4H,2-3H2,1H3,(H,14,15). The van der Waals surface area contributed by atoms with Crippen molar-refractivity contribution in [2.75, 3.05) is 0 Å². The van der Waals surface area contributed by atoms with Crippen molar-refractivity contribution in [3.8, 4) is 0 Å². The van der Waals surface area contributed by atoms with Gasteiger partial charge in [0.05, 0.1) is 13.0 Å². The SMILES string of the molecule is Cc1cc(C(F)(F)F)nn1CCC(=O)O. The molecule has 0 unspecified atom stereocenters. The van der Waals surface area contributed by atoms with E-state index in [4.69, 9.17) is 5.11 Å². The van der Waals surface area contributed by atoms with Gasteiger partial charge in [0, 0.05) is 5.69 Å². The van der Waals surface area contributed by atoms with E-state index in [-0.39, 0.29) is 13.0 Å². The fourth-order valence-electron chi connectivity index (χ4n) is 1.08. The van der Waals surface area contributed by atoms with E-state index < -0.39 is 17.8 Å². The van der Waals surface area contributed by atoms with Crippen molar-refractivity contribution in [3.05, 3.63) is 17.5 Å². The summed E-state index contributed by atoms with van der Waals surface area (Å²) in [5.41, 5.74) is -0.700. The van der Waals surface area contributed by atoms with Crippen LogP contribution in [0.25, 0.3) is 0 Å². The number of carboxylic acid groups (broad SMARTS) is 1. The molecular formula is C8H9F3N2O2. The predicted molar refractivity (Wildman–Crippen MR) is 44.2 cm³/mol. The molecule has 0 bridgehead atoms. The monoisotopic (exact) mass is 222 g/mol. The van der Waals surface area contributed by atoms with Crippen LogP contribution in [0, 0.1) is 6.92 Å². The van der Waals surface area contributed by atoms with Crippen molar-refractivity contribution in [3.63, 3.8) is 0 Å². The van der Waals surface area contributed by atoms with Gasteiger partial charge in [-0.15, -0.1) is 0 Å². The van der Waals surface area contributed by atoms with E-state index in [9.17, 15) is 18.0 Å².